The summed E-state index contributed by atoms with van der Waals surface area (Å²) in [4.78, 5) is 32.0. The Morgan fingerprint density at radius 2 is 1.59 bits per heavy atom. The number of amides is 3. The van der Waals surface area contributed by atoms with Crippen LogP contribution in [0.25, 0.3) is 0 Å². The van der Waals surface area contributed by atoms with Crippen molar-refractivity contribution in [3.8, 4) is 5.75 Å². The van der Waals surface area contributed by atoms with Crippen molar-refractivity contribution in [3.63, 3.8) is 0 Å². The number of methoxy groups -OCH3 is 1. The molecule has 1 aromatic carbocycles. The molecule has 0 bridgehead atoms. The maximum absolute atomic E-state index is 12.8. The van der Waals surface area contributed by atoms with Crippen LogP contribution in [-0.4, -0.2) is 54.0 Å². The van der Waals surface area contributed by atoms with E-state index >= 15 is 0 Å². The van der Waals surface area contributed by atoms with Crippen molar-refractivity contribution in [1.29, 1.82) is 0 Å². The minimum absolute atomic E-state index is 0.156. The number of carbonyl (C=O) groups is 2. The SMILES string of the molecule is COc1ccc(CN(Cc2ccncc2)C(=O)NC(C)C(=O)N(C)C)cc1. The molecule has 0 aliphatic carbocycles. The molecule has 0 aliphatic heterocycles. The molecule has 7 nitrogen and oxygen atoms in total. The van der Waals surface area contributed by atoms with Crippen LogP contribution in [0.2, 0.25) is 0 Å². The molecule has 3 amide bonds. The Kier molecular flexibility index (Phi) is 7.16. The molecule has 1 heterocycles. The summed E-state index contributed by atoms with van der Waals surface area (Å²) in [6.07, 6.45) is 3.38. The zero-order valence-corrected chi connectivity index (χ0v) is 16.2. The summed E-state index contributed by atoms with van der Waals surface area (Å²) < 4.78 is 5.18. The van der Waals surface area contributed by atoms with Crippen molar-refractivity contribution in [2.45, 2.75) is 26.1 Å². The summed E-state index contributed by atoms with van der Waals surface area (Å²) in [5.41, 5.74) is 1.92. The third kappa shape index (κ3) is 5.99. The van der Waals surface area contributed by atoms with Crippen LogP contribution in [0.3, 0.4) is 0 Å². The minimum atomic E-state index is -0.608. The number of likely N-dealkylation sites (N-methyl/N-ethyl adjacent to an activating group) is 1. The highest BCUT2D eigenvalue weighted by molar-refractivity contribution is 5.86. The number of pyridine rings is 1. The van der Waals surface area contributed by atoms with E-state index in [4.69, 9.17) is 4.74 Å². The molecule has 1 aromatic heterocycles. The molecule has 0 spiro atoms. The average molecular weight is 370 g/mol. The van der Waals surface area contributed by atoms with Gasteiger partial charge in [0.25, 0.3) is 0 Å². The van der Waals surface area contributed by atoms with Crippen molar-refractivity contribution < 1.29 is 14.3 Å². The fourth-order valence-corrected chi connectivity index (χ4v) is 2.58. The van der Waals surface area contributed by atoms with Gasteiger partial charge >= 0.3 is 6.03 Å². The van der Waals surface area contributed by atoms with Gasteiger partial charge in [0.15, 0.2) is 0 Å². The van der Waals surface area contributed by atoms with Gasteiger partial charge in [0.2, 0.25) is 5.91 Å². The van der Waals surface area contributed by atoms with Gasteiger partial charge in [-0.25, -0.2) is 4.79 Å². The van der Waals surface area contributed by atoms with Crippen LogP contribution in [0.15, 0.2) is 48.8 Å². The number of carbonyl (C=O) groups excluding carboxylic acids is 2. The third-order valence-corrected chi connectivity index (χ3v) is 4.09. The molecule has 0 fully saturated rings. The minimum Gasteiger partial charge on any atom is -0.497 e. The molecular formula is C20H26N4O3. The van der Waals surface area contributed by atoms with Gasteiger partial charge in [-0.15, -0.1) is 0 Å². The Morgan fingerprint density at radius 3 is 2.11 bits per heavy atom. The van der Waals surface area contributed by atoms with E-state index in [1.807, 2.05) is 36.4 Å². The second kappa shape index (κ2) is 9.56. The molecule has 0 saturated carbocycles. The summed E-state index contributed by atoms with van der Waals surface area (Å²) >= 11 is 0. The predicted octanol–water partition coefficient (Wildman–Crippen LogP) is 2.28. The maximum Gasteiger partial charge on any atom is 0.318 e. The second-order valence-corrected chi connectivity index (χ2v) is 6.46. The number of urea groups is 1. The first-order chi connectivity index (χ1) is 12.9. The van der Waals surface area contributed by atoms with E-state index in [2.05, 4.69) is 10.3 Å². The first-order valence-electron chi connectivity index (χ1n) is 8.69. The Balaban J connectivity index is 2.15. The number of hydrogen-bond donors (Lipinski definition) is 1. The topological polar surface area (TPSA) is 74.8 Å². The van der Waals surface area contributed by atoms with Gasteiger partial charge < -0.3 is 19.9 Å². The molecule has 0 radical (unpaired) electrons. The summed E-state index contributed by atoms with van der Waals surface area (Å²) in [6.45, 7) is 2.49. The number of ether oxygens (including phenoxy) is 1. The Morgan fingerprint density at radius 1 is 1.04 bits per heavy atom. The van der Waals surface area contributed by atoms with Crippen LogP contribution in [0.1, 0.15) is 18.1 Å². The predicted molar refractivity (Wildman–Crippen MR) is 103 cm³/mol. The van der Waals surface area contributed by atoms with E-state index in [9.17, 15) is 9.59 Å². The molecule has 144 valence electrons. The Hall–Kier alpha value is -3.09. The van der Waals surface area contributed by atoms with Crippen LogP contribution >= 0.6 is 0 Å². The fourth-order valence-electron chi connectivity index (χ4n) is 2.58. The highest BCUT2D eigenvalue weighted by atomic mass is 16.5. The summed E-state index contributed by atoms with van der Waals surface area (Å²) in [7, 11) is 4.94. The summed E-state index contributed by atoms with van der Waals surface area (Å²) in [5.74, 6) is 0.603. The first kappa shape index (κ1) is 20.2. The smallest absolute Gasteiger partial charge is 0.318 e. The van der Waals surface area contributed by atoms with E-state index in [-0.39, 0.29) is 11.9 Å². The Labute approximate surface area is 159 Å². The number of benzene rings is 1. The molecule has 1 atom stereocenters. The highest BCUT2D eigenvalue weighted by Crippen LogP contribution is 2.15. The lowest BCUT2D eigenvalue weighted by Crippen LogP contribution is -2.49. The molecule has 2 rings (SSSR count). The molecule has 27 heavy (non-hydrogen) atoms. The number of nitrogens with one attached hydrogen (secondary N) is 1. The lowest BCUT2D eigenvalue weighted by molar-refractivity contribution is -0.130. The molecular weight excluding hydrogens is 344 g/mol. The summed E-state index contributed by atoms with van der Waals surface area (Å²) in [5, 5.41) is 2.78. The number of hydrogen-bond acceptors (Lipinski definition) is 4. The molecule has 0 saturated heterocycles. The summed E-state index contributed by atoms with van der Waals surface area (Å²) in [6, 6.07) is 10.4. The lowest BCUT2D eigenvalue weighted by Gasteiger charge is -2.26. The van der Waals surface area contributed by atoms with E-state index in [1.54, 1.807) is 45.4 Å². The van der Waals surface area contributed by atoms with Crippen molar-refractivity contribution >= 4 is 11.9 Å². The molecule has 2 aromatic rings. The second-order valence-electron chi connectivity index (χ2n) is 6.46. The van der Waals surface area contributed by atoms with Crippen LogP contribution in [0.5, 0.6) is 5.75 Å². The van der Waals surface area contributed by atoms with Gasteiger partial charge in [0.05, 0.1) is 7.11 Å². The van der Waals surface area contributed by atoms with Crippen molar-refractivity contribution in [3.05, 3.63) is 59.9 Å². The van der Waals surface area contributed by atoms with Gasteiger partial charge in [0, 0.05) is 39.6 Å². The van der Waals surface area contributed by atoms with Gasteiger partial charge in [-0.3, -0.25) is 9.78 Å². The van der Waals surface area contributed by atoms with E-state index in [0.29, 0.717) is 13.1 Å². The van der Waals surface area contributed by atoms with Gasteiger partial charge in [-0.05, 0) is 42.3 Å². The monoisotopic (exact) mass is 370 g/mol. The standard InChI is InChI=1S/C20H26N4O3/c1-15(19(25)23(2)3)22-20(26)24(14-17-9-11-21-12-10-17)13-16-5-7-18(27-4)8-6-16/h5-12,15H,13-14H2,1-4H3,(H,22,26). The Bertz CT molecular complexity index is 748. The normalized spacial score (nSPS) is 11.4. The van der Waals surface area contributed by atoms with Crippen molar-refractivity contribution in [2.24, 2.45) is 0 Å². The van der Waals surface area contributed by atoms with Crippen molar-refractivity contribution in [2.75, 3.05) is 21.2 Å². The fraction of sp³-hybridized carbons (Fsp3) is 0.350. The zero-order valence-electron chi connectivity index (χ0n) is 16.2. The highest BCUT2D eigenvalue weighted by Gasteiger charge is 2.21. The van der Waals surface area contributed by atoms with E-state index in [0.717, 1.165) is 16.9 Å². The molecule has 0 aliphatic rings. The van der Waals surface area contributed by atoms with Gasteiger partial charge in [-0.2, -0.15) is 0 Å². The number of rotatable bonds is 7. The molecule has 1 N–H and O–H groups in total. The third-order valence-electron chi connectivity index (χ3n) is 4.09. The van der Waals surface area contributed by atoms with Crippen molar-refractivity contribution in [1.82, 2.24) is 20.1 Å². The first-order valence-corrected chi connectivity index (χ1v) is 8.69. The van der Waals surface area contributed by atoms with E-state index in [1.165, 1.54) is 4.90 Å². The molecule has 7 heteroatoms. The van der Waals surface area contributed by atoms with Crippen LogP contribution < -0.4 is 10.1 Å². The largest absolute Gasteiger partial charge is 0.497 e. The van der Waals surface area contributed by atoms with E-state index < -0.39 is 6.04 Å². The average Bonchev–Trinajstić information content (AvgIpc) is 2.68. The lowest BCUT2D eigenvalue weighted by atomic mass is 10.2. The van der Waals surface area contributed by atoms with Crippen LogP contribution in [0, 0.1) is 0 Å². The van der Waals surface area contributed by atoms with Crippen LogP contribution in [-0.2, 0) is 17.9 Å². The zero-order chi connectivity index (χ0) is 19.8. The molecule has 1 unspecified atom stereocenters. The quantitative estimate of drug-likeness (QED) is 0.811. The van der Waals surface area contributed by atoms with Gasteiger partial charge in [0.1, 0.15) is 11.8 Å². The number of aromatic nitrogens is 1. The number of nitrogens with zero attached hydrogens (tertiary/aromatic N) is 3. The van der Waals surface area contributed by atoms with Gasteiger partial charge in [-0.1, -0.05) is 12.1 Å². The maximum atomic E-state index is 12.8. The van der Waals surface area contributed by atoms with Crippen LogP contribution in [0.4, 0.5) is 4.79 Å².